The molecule has 2 aliphatic heterocycles. The number of nitrogens with zero attached hydrogens (tertiary/aromatic N) is 8. The molecule has 93 heavy (non-hydrogen) atoms. The first-order chi connectivity index (χ1) is 44.7. The van der Waals surface area contributed by atoms with E-state index >= 15 is 8.78 Å². The molecule has 4 saturated carbocycles. The number of ether oxygens (including phenoxy) is 2. The average molecular weight is 1290 g/mol. The Hall–Kier alpha value is -7.75. The van der Waals surface area contributed by atoms with Gasteiger partial charge >= 0.3 is 0 Å². The van der Waals surface area contributed by atoms with E-state index in [0.717, 1.165) is 44.9 Å². The highest BCUT2D eigenvalue weighted by molar-refractivity contribution is 6.02. The highest BCUT2D eigenvalue weighted by Gasteiger charge is 2.54. The normalized spacial score (nSPS) is 21.6. The van der Waals surface area contributed by atoms with E-state index < -0.39 is 83.1 Å². The number of hydrogen-bond donors (Lipinski definition) is 6. The highest BCUT2D eigenvalue weighted by atomic mass is 19.1. The topological polar surface area (TPSA) is 297 Å². The lowest BCUT2D eigenvalue weighted by atomic mass is 9.87. The summed E-state index contributed by atoms with van der Waals surface area (Å²) >= 11 is 0. The number of rotatable bonds is 30. The monoisotopic (exact) mass is 1290 g/mol. The van der Waals surface area contributed by atoms with Gasteiger partial charge in [-0.15, -0.1) is 0 Å². The van der Waals surface area contributed by atoms with Crippen LogP contribution < -0.4 is 31.9 Å². The minimum atomic E-state index is -1.12. The molecular weight excluding hydrogens is 1200 g/mol. The van der Waals surface area contributed by atoms with Crippen molar-refractivity contribution in [2.75, 3.05) is 97.5 Å². The number of amides is 8. The Balaban J connectivity index is 0.791. The lowest BCUT2D eigenvalue weighted by Crippen LogP contribution is -2.58. The number of methoxy groups -OCH3 is 2. The third-order valence-corrected chi connectivity index (χ3v) is 20.0. The van der Waals surface area contributed by atoms with Crippen molar-refractivity contribution in [1.29, 1.82) is 0 Å². The highest BCUT2D eigenvalue weighted by Crippen LogP contribution is 2.55. The van der Waals surface area contributed by atoms with Crippen LogP contribution in [0.4, 0.5) is 20.2 Å². The van der Waals surface area contributed by atoms with Crippen LogP contribution in [0.2, 0.25) is 0 Å². The summed E-state index contributed by atoms with van der Waals surface area (Å²) in [6.45, 7) is 12.8. The summed E-state index contributed by atoms with van der Waals surface area (Å²) in [5.74, 6) is -6.59. The minimum absolute atomic E-state index is 0.00499. The predicted molar refractivity (Wildman–Crippen MR) is 337 cm³/mol. The van der Waals surface area contributed by atoms with Crippen molar-refractivity contribution in [2.24, 2.45) is 41.4 Å². The van der Waals surface area contributed by atoms with Crippen molar-refractivity contribution in [3.63, 3.8) is 0 Å². The summed E-state index contributed by atoms with van der Waals surface area (Å²) in [6.07, 6.45) is 8.06. The van der Waals surface area contributed by atoms with E-state index in [9.17, 15) is 38.4 Å². The number of aromatic nitrogens is 4. The minimum Gasteiger partial charge on any atom is -0.375 e. The summed E-state index contributed by atoms with van der Waals surface area (Å²) in [5.41, 5.74) is 1.21. The summed E-state index contributed by atoms with van der Waals surface area (Å²) in [7, 11) is 4.73. The zero-order valence-electron chi connectivity index (χ0n) is 54.5. The van der Waals surface area contributed by atoms with E-state index in [2.05, 4.69) is 57.1 Å². The number of benzene rings is 2. The molecule has 4 heterocycles. The van der Waals surface area contributed by atoms with Crippen LogP contribution in [0.15, 0.2) is 53.3 Å². The van der Waals surface area contributed by atoms with Crippen LogP contribution in [0, 0.1) is 53.1 Å². The first-order valence-corrected chi connectivity index (χ1v) is 32.9. The van der Waals surface area contributed by atoms with Gasteiger partial charge < -0.3 is 56.1 Å². The van der Waals surface area contributed by atoms with Gasteiger partial charge in [0.1, 0.15) is 60.4 Å². The molecule has 25 nitrogen and oxygen atoms in total. The zero-order valence-corrected chi connectivity index (χ0v) is 54.5. The Labute approximate surface area is 540 Å². The number of hydrogen-bond acceptors (Lipinski definition) is 16. The molecule has 10 atom stereocenters. The lowest BCUT2D eigenvalue weighted by molar-refractivity contribution is -0.140. The van der Waals surface area contributed by atoms with Crippen LogP contribution in [-0.4, -0.2) is 204 Å². The van der Waals surface area contributed by atoms with Crippen LogP contribution in [0.5, 0.6) is 0 Å². The fourth-order valence-electron chi connectivity index (χ4n) is 13.9. The van der Waals surface area contributed by atoms with Crippen LogP contribution in [0.3, 0.4) is 0 Å². The van der Waals surface area contributed by atoms with Crippen molar-refractivity contribution < 1.29 is 61.2 Å². The molecule has 10 rings (SSSR count). The molecule has 0 radical (unpaired) electrons. The van der Waals surface area contributed by atoms with Crippen molar-refractivity contribution in [3.05, 3.63) is 88.5 Å². The van der Waals surface area contributed by atoms with Crippen LogP contribution in [-0.2, 0) is 51.2 Å². The maximum Gasteiger partial charge on any atom is 0.276 e. The van der Waals surface area contributed by atoms with Gasteiger partial charge in [-0.1, -0.05) is 38.1 Å². The molecule has 3 unspecified atom stereocenters. The third-order valence-electron chi connectivity index (χ3n) is 20.0. The molecular formula is C66H90F2N14O11. The van der Waals surface area contributed by atoms with Gasteiger partial charge in [-0.3, -0.25) is 47.9 Å². The van der Waals surface area contributed by atoms with Crippen molar-refractivity contribution >= 4 is 58.6 Å². The Morgan fingerprint density at radius 3 is 1.67 bits per heavy atom. The number of nitrogens with one attached hydrogen (secondary N) is 6. The van der Waals surface area contributed by atoms with Gasteiger partial charge in [-0.05, 0) is 160 Å². The summed E-state index contributed by atoms with van der Waals surface area (Å²) in [5, 5.41) is 29.0. The van der Waals surface area contributed by atoms with Crippen LogP contribution in [0.25, 0.3) is 0 Å². The van der Waals surface area contributed by atoms with Gasteiger partial charge in [0.15, 0.2) is 5.69 Å². The molecule has 0 bridgehead atoms. The average Bonchev–Trinajstić information content (AvgIpc) is 1.74. The predicted octanol–water partition coefficient (Wildman–Crippen LogP) is 4.18. The van der Waals surface area contributed by atoms with Crippen LogP contribution in [0.1, 0.15) is 129 Å². The van der Waals surface area contributed by atoms with Crippen molar-refractivity contribution in [3.8, 4) is 0 Å². The van der Waals surface area contributed by atoms with Gasteiger partial charge in [0, 0.05) is 97.2 Å². The lowest BCUT2D eigenvalue weighted by Gasteiger charge is -2.40. The number of piperazine rings is 2. The molecule has 2 aromatic carbocycles. The number of carbonyl (C=O) groups is 8. The van der Waals surface area contributed by atoms with E-state index in [0.29, 0.717) is 82.1 Å². The Kier molecular flexibility index (Phi) is 22.1. The molecule has 27 heteroatoms. The Morgan fingerprint density at radius 2 is 1.16 bits per heavy atom. The molecule has 4 aliphatic carbocycles. The molecule has 4 aromatic rings. The standard InChI is InChI=1S/C66H90F2N14O11/c1-9-48-58(77-93-76-48)62(86)75-59(54(39-11-12-39)40-13-14-40)63(87)70-49-19-17-42(30-46(49)67)37(4)56(72-52(83)34-91-7)65(89)80-27-24-79(25-28-80)33-44-29-45(44)55(41-15-16-41)60(74-61(85)51-21-22-69-82(51)10-2)64(88)71-50-20-18-43(31-47(50)68)38(5)57(73-53(84)35-92-8)66(90)81-26-23-78(6)36(3)32-81/h17-22,30-31,36-41,44-45,54-57,59-60H,9-16,23-29,32-35H2,1-8H3,(H,70,87)(H,71,88)(H,72,83)(H,73,84)(H,74,85)(H,75,86)/t36-,37+,38+,44?,45?,55?,56-,57-,59+,60+/m1/s1. The maximum atomic E-state index is 16.5. The van der Waals surface area contributed by atoms with Crippen molar-refractivity contribution in [1.82, 2.24) is 61.0 Å². The second kappa shape index (κ2) is 30.1. The smallest absolute Gasteiger partial charge is 0.276 e. The SMILES string of the molecule is CCc1nonc1C(=O)N[C@H](C(=O)Nc1ccc([C@H](C)[C@@H](NC(=O)COC)C(=O)N2CCN(CC3CC3C(C3CC3)[C@H](NC(=O)c3ccnn3CC)C(=O)Nc3ccc([C@H](C)[C@@H](NC(=O)COC)C(=O)N4CCN(C)[C@H](C)C4)cc3F)CC2)cc1F)C(C1CC1)C1CC1. The fraction of sp³-hybridized carbons (Fsp3) is 0.621. The quantitative estimate of drug-likeness (QED) is 0.0427. The second-order valence-electron chi connectivity index (χ2n) is 26.4. The molecule has 6 fully saturated rings. The van der Waals surface area contributed by atoms with Gasteiger partial charge in [0.25, 0.3) is 11.8 Å². The van der Waals surface area contributed by atoms with E-state index in [4.69, 9.17) is 14.1 Å². The fourth-order valence-corrected chi connectivity index (χ4v) is 13.9. The van der Waals surface area contributed by atoms with Gasteiger partial charge in [-0.25, -0.2) is 13.4 Å². The zero-order chi connectivity index (χ0) is 66.4. The van der Waals surface area contributed by atoms with Crippen LogP contribution >= 0.6 is 0 Å². The molecule has 2 aromatic heterocycles. The van der Waals surface area contributed by atoms with E-state index in [-0.39, 0.29) is 95.3 Å². The maximum absolute atomic E-state index is 16.5. The molecule has 0 spiro atoms. The Bertz CT molecular complexity index is 3350. The number of carbonyl (C=O) groups excluding carboxylic acids is 8. The third kappa shape index (κ3) is 16.4. The van der Waals surface area contributed by atoms with Gasteiger partial charge in [0.2, 0.25) is 35.4 Å². The van der Waals surface area contributed by atoms with Gasteiger partial charge in [-0.2, -0.15) is 5.10 Å². The first-order valence-electron chi connectivity index (χ1n) is 32.9. The molecule has 504 valence electrons. The van der Waals surface area contributed by atoms with E-state index in [1.165, 1.54) is 44.7 Å². The molecule has 8 amide bonds. The van der Waals surface area contributed by atoms with E-state index in [1.54, 1.807) is 46.5 Å². The number of aryl methyl sites for hydroxylation is 2. The number of halogens is 2. The first kappa shape index (κ1) is 68.1. The van der Waals surface area contributed by atoms with Gasteiger partial charge in [0.05, 0.1) is 11.4 Å². The largest absolute Gasteiger partial charge is 0.375 e. The summed E-state index contributed by atoms with van der Waals surface area (Å²) in [4.78, 5) is 119. The number of likely N-dealkylation sites (N-methyl/N-ethyl adjacent to an activating group) is 1. The second-order valence-corrected chi connectivity index (χ2v) is 26.4. The number of anilines is 2. The Morgan fingerprint density at radius 1 is 0.645 bits per heavy atom. The summed E-state index contributed by atoms with van der Waals surface area (Å²) < 4.78 is 49.4. The van der Waals surface area contributed by atoms with Crippen molar-refractivity contribution in [2.45, 2.75) is 135 Å². The molecule has 6 N–H and O–H groups in total. The molecule has 2 saturated heterocycles. The molecule has 6 aliphatic rings. The van der Waals surface area contributed by atoms with E-state index in [1.807, 2.05) is 27.8 Å². The summed E-state index contributed by atoms with van der Waals surface area (Å²) in [6, 6.07) is 6.09.